The molecule has 0 radical (unpaired) electrons. The Morgan fingerprint density at radius 1 is 1.43 bits per heavy atom. The van der Waals surface area contributed by atoms with Crippen molar-refractivity contribution in [2.45, 2.75) is 45.2 Å². The Labute approximate surface area is 89.4 Å². The average molecular weight is 198 g/mol. The summed E-state index contributed by atoms with van der Waals surface area (Å²) in [6.07, 6.45) is 4.25. The smallest absolute Gasteiger partial charge is 0.0271 e. The first-order chi connectivity index (χ1) is 6.40. The molecule has 0 saturated carbocycles. The lowest BCUT2D eigenvalue weighted by Crippen LogP contribution is -2.48. The summed E-state index contributed by atoms with van der Waals surface area (Å²) in [7, 11) is 4.24. The highest BCUT2D eigenvalue weighted by atomic mass is 15.2. The number of nitrogens with one attached hydrogen (secondary N) is 1. The Balaban J connectivity index is 3.75. The van der Waals surface area contributed by atoms with E-state index < -0.39 is 0 Å². The molecule has 1 unspecified atom stereocenters. The van der Waals surface area contributed by atoms with E-state index in [-0.39, 0.29) is 5.54 Å². The molecule has 0 saturated heterocycles. The van der Waals surface area contributed by atoms with Crippen molar-refractivity contribution >= 4 is 0 Å². The minimum absolute atomic E-state index is 0.225. The Morgan fingerprint density at radius 2 is 2.00 bits per heavy atom. The van der Waals surface area contributed by atoms with Crippen LogP contribution in [0.4, 0.5) is 0 Å². The number of rotatable bonds is 7. The SMILES string of the molecule is C=CCCC(C)NCC(C)(C)N(C)C. The van der Waals surface area contributed by atoms with Gasteiger partial charge in [-0.1, -0.05) is 6.08 Å². The highest BCUT2D eigenvalue weighted by molar-refractivity contribution is 4.81. The number of nitrogens with zero attached hydrogens (tertiary/aromatic N) is 1. The van der Waals surface area contributed by atoms with Crippen LogP contribution in [0.5, 0.6) is 0 Å². The van der Waals surface area contributed by atoms with E-state index in [2.05, 4.69) is 51.7 Å². The van der Waals surface area contributed by atoms with Crippen molar-refractivity contribution in [1.82, 2.24) is 10.2 Å². The van der Waals surface area contributed by atoms with Crippen molar-refractivity contribution in [2.24, 2.45) is 0 Å². The van der Waals surface area contributed by atoms with E-state index in [1.54, 1.807) is 0 Å². The zero-order valence-electron chi connectivity index (χ0n) is 10.4. The Hall–Kier alpha value is -0.340. The van der Waals surface area contributed by atoms with Gasteiger partial charge < -0.3 is 10.2 Å². The van der Waals surface area contributed by atoms with Crippen LogP contribution in [0.1, 0.15) is 33.6 Å². The Morgan fingerprint density at radius 3 is 2.43 bits per heavy atom. The Kier molecular flexibility index (Phi) is 6.05. The van der Waals surface area contributed by atoms with Gasteiger partial charge in [0.1, 0.15) is 0 Å². The molecule has 0 aliphatic rings. The molecule has 84 valence electrons. The molecule has 0 spiro atoms. The van der Waals surface area contributed by atoms with Gasteiger partial charge in [0.2, 0.25) is 0 Å². The standard InChI is InChI=1S/C12H26N2/c1-7-8-9-11(2)13-10-12(3,4)14(5)6/h7,11,13H,1,8-10H2,2-6H3. The number of likely N-dealkylation sites (N-methyl/N-ethyl adjacent to an activating group) is 1. The second-order valence-electron chi connectivity index (χ2n) is 4.85. The molecule has 14 heavy (non-hydrogen) atoms. The van der Waals surface area contributed by atoms with E-state index in [1.165, 1.54) is 6.42 Å². The maximum atomic E-state index is 3.73. The molecule has 2 heteroatoms. The van der Waals surface area contributed by atoms with Gasteiger partial charge in [0.25, 0.3) is 0 Å². The molecule has 0 fully saturated rings. The lowest BCUT2D eigenvalue weighted by Gasteiger charge is -2.34. The number of allylic oxidation sites excluding steroid dienone is 1. The van der Waals surface area contributed by atoms with Crippen molar-refractivity contribution in [3.63, 3.8) is 0 Å². The zero-order chi connectivity index (χ0) is 11.2. The zero-order valence-corrected chi connectivity index (χ0v) is 10.4. The molecule has 0 amide bonds. The molecule has 1 atom stereocenters. The van der Waals surface area contributed by atoms with Gasteiger partial charge in [-0.15, -0.1) is 6.58 Å². The van der Waals surface area contributed by atoms with Crippen LogP contribution in [0.2, 0.25) is 0 Å². The molecular weight excluding hydrogens is 172 g/mol. The molecule has 0 rings (SSSR count). The van der Waals surface area contributed by atoms with E-state index in [0.717, 1.165) is 13.0 Å². The summed E-state index contributed by atoms with van der Waals surface area (Å²) in [5, 5.41) is 3.55. The summed E-state index contributed by atoms with van der Waals surface area (Å²) >= 11 is 0. The predicted octanol–water partition coefficient (Wildman–Crippen LogP) is 2.27. The molecule has 0 aromatic carbocycles. The number of hydrogen-bond acceptors (Lipinski definition) is 2. The third kappa shape index (κ3) is 5.40. The maximum Gasteiger partial charge on any atom is 0.0271 e. The third-order valence-corrected chi connectivity index (χ3v) is 2.90. The normalized spacial score (nSPS) is 14.4. The van der Waals surface area contributed by atoms with Crippen LogP contribution < -0.4 is 5.32 Å². The predicted molar refractivity (Wildman–Crippen MR) is 64.7 cm³/mol. The summed E-state index contributed by atoms with van der Waals surface area (Å²) in [4.78, 5) is 2.25. The quantitative estimate of drug-likeness (QED) is 0.631. The van der Waals surface area contributed by atoms with Crippen LogP contribution in [0.3, 0.4) is 0 Å². The average Bonchev–Trinajstić information content (AvgIpc) is 2.11. The summed E-state index contributed by atoms with van der Waals surface area (Å²) < 4.78 is 0. The van der Waals surface area contributed by atoms with Crippen LogP contribution in [0, 0.1) is 0 Å². The summed E-state index contributed by atoms with van der Waals surface area (Å²) in [6, 6.07) is 0.576. The largest absolute Gasteiger partial charge is 0.312 e. The van der Waals surface area contributed by atoms with Crippen molar-refractivity contribution in [3.8, 4) is 0 Å². The van der Waals surface area contributed by atoms with Crippen LogP contribution in [0.15, 0.2) is 12.7 Å². The molecule has 0 bridgehead atoms. The van der Waals surface area contributed by atoms with E-state index in [9.17, 15) is 0 Å². The molecule has 0 aliphatic heterocycles. The molecule has 1 N–H and O–H groups in total. The van der Waals surface area contributed by atoms with E-state index in [1.807, 2.05) is 6.08 Å². The first kappa shape index (κ1) is 13.7. The van der Waals surface area contributed by atoms with Crippen molar-refractivity contribution in [3.05, 3.63) is 12.7 Å². The monoisotopic (exact) mass is 198 g/mol. The lowest BCUT2D eigenvalue weighted by molar-refractivity contribution is 0.184. The molecule has 0 heterocycles. The van der Waals surface area contributed by atoms with Crippen molar-refractivity contribution in [1.29, 1.82) is 0 Å². The lowest BCUT2D eigenvalue weighted by atomic mass is 10.0. The fourth-order valence-electron chi connectivity index (χ4n) is 1.05. The summed E-state index contributed by atoms with van der Waals surface area (Å²) in [5.74, 6) is 0. The van der Waals surface area contributed by atoms with E-state index in [4.69, 9.17) is 0 Å². The van der Waals surface area contributed by atoms with Gasteiger partial charge in [-0.3, -0.25) is 0 Å². The second kappa shape index (κ2) is 6.20. The van der Waals surface area contributed by atoms with Gasteiger partial charge in [-0.25, -0.2) is 0 Å². The minimum Gasteiger partial charge on any atom is -0.312 e. The van der Waals surface area contributed by atoms with Crippen LogP contribution in [0.25, 0.3) is 0 Å². The second-order valence-corrected chi connectivity index (χ2v) is 4.85. The van der Waals surface area contributed by atoms with Gasteiger partial charge in [0.15, 0.2) is 0 Å². The molecule has 0 aromatic rings. The van der Waals surface area contributed by atoms with Gasteiger partial charge in [-0.2, -0.15) is 0 Å². The van der Waals surface area contributed by atoms with Crippen molar-refractivity contribution < 1.29 is 0 Å². The molecule has 0 aromatic heterocycles. The highest BCUT2D eigenvalue weighted by Gasteiger charge is 2.20. The van der Waals surface area contributed by atoms with Gasteiger partial charge in [0, 0.05) is 18.1 Å². The molecule has 0 aliphatic carbocycles. The van der Waals surface area contributed by atoms with Crippen LogP contribution >= 0.6 is 0 Å². The molecular formula is C12H26N2. The van der Waals surface area contributed by atoms with Gasteiger partial charge in [-0.05, 0) is 47.7 Å². The van der Waals surface area contributed by atoms with Gasteiger partial charge in [0.05, 0.1) is 0 Å². The summed E-state index contributed by atoms with van der Waals surface area (Å²) in [6.45, 7) is 11.5. The first-order valence-corrected chi connectivity index (χ1v) is 5.42. The van der Waals surface area contributed by atoms with Crippen molar-refractivity contribution in [2.75, 3.05) is 20.6 Å². The van der Waals surface area contributed by atoms with Crippen LogP contribution in [-0.4, -0.2) is 37.1 Å². The van der Waals surface area contributed by atoms with Gasteiger partial charge >= 0.3 is 0 Å². The first-order valence-electron chi connectivity index (χ1n) is 5.42. The minimum atomic E-state index is 0.225. The maximum absolute atomic E-state index is 3.73. The number of hydrogen-bond donors (Lipinski definition) is 1. The fraction of sp³-hybridized carbons (Fsp3) is 0.833. The Bertz CT molecular complexity index is 162. The third-order valence-electron chi connectivity index (χ3n) is 2.90. The topological polar surface area (TPSA) is 15.3 Å². The highest BCUT2D eigenvalue weighted by Crippen LogP contribution is 2.08. The van der Waals surface area contributed by atoms with Crippen LogP contribution in [-0.2, 0) is 0 Å². The van der Waals surface area contributed by atoms with E-state index in [0.29, 0.717) is 6.04 Å². The van der Waals surface area contributed by atoms with E-state index >= 15 is 0 Å². The fourth-order valence-corrected chi connectivity index (χ4v) is 1.05. The molecule has 2 nitrogen and oxygen atoms in total. The summed E-state index contributed by atoms with van der Waals surface area (Å²) in [5.41, 5.74) is 0.225.